The lowest BCUT2D eigenvalue weighted by atomic mass is 10.1. The monoisotopic (exact) mass is 428 g/mol. The van der Waals surface area contributed by atoms with Crippen LogP contribution in [0.25, 0.3) is 5.57 Å². The first-order valence-corrected chi connectivity index (χ1v) is 9.68. The van der Waals surface area contributed by atoms with Gasteiger partial charge in [-0.05, 0) is 42.3 Å². The van der Waals surface area contributed by atoms with Gasteiger partial charge in [0.2, 0.25) is 10.0 Å². The molecular weight excluding hydrogens is 413 g/mol. The van der Waals surface area contributed by atoms with Gasteiger partial charge in [0.1, 0.15) is 11.4 Å². The minimum Gasteiger partial charge on any atom is -0.406 e. The lowest BCUT2D eigenvalue weighted by Gasteiger charge is -2.25. The largest absolute Gasteiger partial charge is 0.573 e. The average Bonchev–Trinajstić information content (AvgIpc) is 2.67. The topological polar surface area (TPSA) is 115 Å². The molecule has 0 unspecified atom stereocenters. The van der Waals surface area contributed by atoms with Gasteiger partial charge in [-0.1, -0.05) is 6.08 Å². The molecule has 2 N–H and O–H groups in total. The van der Waals surface area contributed by atoms with E-state index in [-0.39, 0.29) is 35.9 Å². The molecule has 1 aliphatic heterocycles. The minimum absolute atomic E-state index is 0.0165. The highest BCUT2D eigenvalue weighted by molar-refractivity contribution is 7.89. The van der Waals surface area contributed by atoms with Gasteiger partial charge in [-0.15, -0.1) is 13.2 Å². The van der Waals surface area contributed by atoms with Crippen molar-refractivity contribution in [3.05, 3.63) is 54.1 Å². The summed E-state index contributed by atoms with van der Waals surface area (Å²) in [5, 5.41) is 0. The fourth-order valence-electron chi connectivity index (χ4n) is 2.68. The van der Waals surface area contributed by atoms with Gasteiger partial charge in [0, 0.05) is 19.3 Å². The lowest BCUT2D eigenvalue weighted by molar-refractivity contribution is -0.274. The summed E-state index contributed by atoms with van der Waals surface area (Å²) in [7, 11) is -3.91. The Morgan fingerprint density at radius 3 is 2.41 bits per heavy atom. The van der Waals surface area contributed by atoms with E-state index in [9.17, 15) is 26.4 Å². The summed E-state index contributed by atoms with van der Waals surface area (Å²) in [5.74, 6) is -0.928. The van der Waals surface area contributed by atoms with E-state index < -0.39 is 28.0 Å². The number of hydrogen-bond donors (Lipinski definition) is 1. The number of nitrogens with zero attached hydrogens (tertiary/aromatic N) is 3. The smallest absolute Gasteiger partial charge is 0.406 e. The van der Waals surface area contributed by atoms with E-state index in [0.29, 0.717) is 5.57 Å². The average molecular weight is 428 g/mol. The Morgan fingerprint density at radius 1 is 1.17 bits per heavy atom. The molecule has 29 heavy (non-hydrogen) atoms. The van der Waals surface area contributed by atoms with Crippen LogP contribution in [0.4, 0.5) is 13.2 Å². The van der Waals surface area contributed by atoms with Crippen LogP contribution in [0, 0.1) is 0 Å². The van der Waals surface area contributed by atoms with Crippen molar-refractivity contribution in [3.63, 3.8) is 0 Å². The SMILES string of the molecule is NC(=O)c1ccnc(C2=CCN(S(=O)(=O)c3ccc(OC(F)(F)F)cc3)CC2)n1. The number of primary amides is 1. The molecule has 0 atom stereocenters. The van der Waals surface area contributed by atoms with Crippen molar-refractivity contribution in [3.8, 4) is 5.75 Å². The summed E-state index contributed by atoms with van der Waals surface area (Å²) in [6, 6.07) is 5.35. The third kappa shape index (κ3) is 4.90. The van der Waals surface area contributed by atoms with Crippen LogP contribution in [0.2, 0.25) is 0 Å². The second-order valence-electron chi connectivity index (χ2n) is 5.99. The molecule has 12 heteroatoms. The van der Waals surface area contributed by atoms with Gasteiger partial charge in [-0.3, -0.25) is 4.79 Å². The van der Waals surface area contributed by atoms with Crippen molar-refractivity contribution in [2.45, 2.75) is 17.7 Å². The number of nitrogens with two attached hydrogens (primary N) is 1. The van der Waals surface area contributed by atoms with Crippen molar-refractivity contribution in [1.29, 1.82) is 0 Å². The molecule has 0 aliphatic carbocycles. The number of rotatable bonds is 5. The number of amides is 1. The normalized spacial score (nSPS) is 15.6. The van der Waals surface area contributed by atoms with Crippen molar-refractivity contribution in [1.82, 2.24) is 14.3 Å². The number of benzene rings is 1. The van der Waals surface area contributed by atoms with E-state index in [4.69, 9.17) is 5.73 Å². The predicted molar refractivity (Wildman–Crippen MR) is 95.0 cm³/mol. The quantitative estimate of drug-likeness (QED) is 0.778. The fourth-order valence-corrected chi connectivity index (χ4v) is 4.07. The molecule has 0 spiro atoms. The van der Waals surface area contributed by atoms with Crippen LogP contribution in [0.3, 0.4) is 0 Å². The van der Waals surface area contributed by atoms with Crippen LogP contribution >= 0.6 is 0 Å². The Morgan fingerprint density at radius 2 is 1.86 bits per heavy atom. The van der Waals surface area contributed by atoms with Gasteiger partial charge in [0.25, 0.3) is 5.91 Å². The van der Waals surface area contributed by atoms with E-state index in [0.717, 1.165) is 24.3 Å². The molecule has 154 valence electrons. The zero-order chi connectivity index (χ0) is 21.2. The number of carbonyl (C=O) groups excluding carboxylic acids is 1. The molecule has 0 saturated heterocycles. The molecule has 1 amide bonds. The van der Waals surface area contributed by atoms with Gasteiger partial charge in [-0.25, -0.2) is 18.4 Å². The summed E-state index contributed by atoms with van der Waals surface area (Å²) >= 11 is 0. The Balaban J connectivity index is 1.75. The summed E-state index contributed by atoms with van der Waals surface area (Å²) < 4.78 is 67.0. The van der Waals surface area contributed by atoms with Crippen molar-refractivity contribution in [2.75, 3.05) is 13.1 Å². The number of alkyl halides is 3. The van der Waals surface area contributed by atoms with Crippen molar-refractivity contribution < 1.29 is 31.1 Å². The number of sulfonamides is 1. The number of carbonyl (C=O) groups is 1. The van der Waals surface area contributed by atoms with E-state index >= 15 is 0 Å². The summed E-state index contributed by atoms with van der Waals surface area (Å²) in [4.78, 5) is 19.2. The second-order valence-corrected chi connectivity index (χ2v) is 7.93. The standard InChI is InChI=1S/C17H15F3N4O4S/c18-17(19,20)28-12-1-3-13(4-2-12)29(26,27)24-9-6-11(7-10-24)16-22-8-5-14(23-16)15(21)25/h1-6,8H,7,9-10H2,(H2,21,25). The summed E-state index contributed by atoms with van der Waals surface area (Å²) in [6.45, 7) is 0.127. The van der Waals surface area contributed by atoms with Gasteiger partial charge >= 0.3 is 6.36 Å². The summed E-state index contributed by atoms with van der Waals surface area (Å²) in [6.07, 6.45) is -1.57. The molecule has 0 radical (unpaired) electrons. The minimum atomic E-state index is -4.86. The Kier molecular flexibility index (Phi) is 5.57. The molecule has 1 aromatic heterocycles. The first-order chi connectivity index (χ1) is 13.6. The highest BCUT2D eigenvalue weighted by Gasteiger charge is 2.32. The molecule has 0 bridgehead atoms. The number of halogens is 3. The Labute approximate surface area is 163 Å². The molecule has 8 nitrogen and oxygen atoms in total. The maximum absolute atomic E-state index is 12.7. The molecule has 3 rings (SSSR count). The molecule has 1 aliphatic rings. The number of aromatic nitrogens is 2. The zero-order valence-electron chi connectivity index (χ0n) is 14.8. The molecule has 0 fully saturated rings. The Hall–Kier alpha value is -2.99. The number of ether oxygens (including phenoxy) is 1. The van der Waals surface area contributed by atoms with Crippen molar-refractivity contribution >= 4 is 21.5 Å². The number of hydrogen-bond acceptors (Lipinski definition) is 6. The molecule has 2 heterocycles. The van der Waals surface area contributed by atoms with Gasteiger partial charge < -0.3 is 10.5 Å². The first kappa shape index (κ1) is 20.7. The third-order valence-electron chi connectivity index (χ3n) is 4.06. The highest BCUT2D eigenvalue weighted by atomic mass is 32.2. The predicted octanol–water partition coefficient (Wildman–Crippen LogP) is 1.95. The van der Waals surface area contributed by atoms with E-state index in [1.807, 2.05) is 0 Å². The van der Waals surface area contributed by atoms with Crippen LogP contribution < -0.4 is 10.5 Å². The van der Waals surface area contributed by atoms with Crippen LogP contribution in [0.5, 0.6) is 5.75 Å². The Bertz CT molecular complexity index is 1050. The van der Waals surface area contributed by atoms with Crippen LogP contribution in [0.1, 0.15) is 22.7 Å². The van der Waals surface area contributed by atoms with Crippen LogP contribution in [0.15, 0.2) is 47.5 Å². The lowest BCUT2D eigenvalue weighted by Crippen LogP contribution is -2.34. The fraction of sp³-hybridized carbons (Fsp3) is 0.235. The summed E-state index contributed by atoms with van der Waals surface area (Å²) in [5.41, 5.74) is 5.90. The molecule has 0 saturated carbocycles. The van der Waals surface area contributed by atoms with Crippen LogP contribution in [-0.2, 0) is 10.0 Å². The third-order valence-corrected chi connectivity index (χ3v) is 5.94. The maximum Gasteiger partial charge on any atom is 0.573 e. The van der Waals surface area contributed by atoms with E-state index in [1.165, 1.54) is 16.6 Å². The van der Waals surface area contributed by atoms with Crippen molar-refractivity contribution in [2.24, 2.45) is 5.73 Å². The maximum atomic E-state index is 12.7. The zero-order valence-corrected chi connectivity index (χ0v) is 15.6. The molecule has 2 aromatic rings. The highest BCUT2D eigenvalue weighted by Crippen LogP contribution is 2.27. The first-order valence-electron chi connectivity index (χ1n) is 8.24. The van der Waals surface area contributed by atoms with Gasteiger partial charge in [0.15, 0.2) is 5.82 Å². The van der Waals surface area contributed by atoms with Gasteiger partial charge in [0.05, 0.1) is 4.90 Å². The van der Waals surface area contributed by atoms with E-state index in [1.54, 1.807) is 6.08 Å². The van der Waals surface area contributed by atoms with Crippen LogP contribution in [-0.4, -0.2) is 48.1 Å². The second kappa shape index (κ2) is 7.79. The molecular formula is C17H15F3N4O4S. The molecule has 1 aromatic carbocycles. The van der Waals surface area contributed by atoms with E-state index in [2.05, 4.69) is 14.7 Å². The van der Waals surface area contributed by atoms with Gasteiger partial charge in [-0.2, -0.15) is 4.31 Å².